The fourth-order valence-electron chi connectivity index (χ4n) is 11.5. The number of pyridine rings is 1. The molecule has 10 aromatic carbocycles. The van der Waals surface area contributed by atoms with E-state index in [1.807, 2.05) is 22.6 Å². The van der Waals surface area contributed by atoms with Crippen LogP contribution in [0.4, 0.5) is 0 Å². The molecule has 3 heteroatoms. The van der Waals surface area contributed by atoms with E-state index < -0.39 is 0 Å². The predicted molar refractivity (Wildman–Crippen MR) is 257 cm³/mol. The van der Waals surface area contributed by atoms with Crippen molar-refractivity contribution in [3.05, 3.63) is 203 Å². The lowest BCUT2D eigenvalue weighted by molar-refractivity contribution is 0.661. The van der Waals surface area contributed by atoms with Crippen molar-refractivity contribution in [1.82, 2.24) is 8.97 Å². The summed E-state index contributed by atoms with van der Waals surface area (Å²) in [5, 5.41) is 14.8. The minimum absolute atomic E-state index is 0.0180. The lowest BCUT2D eigenvalue weighted by Gasteiger charge is -2.22. The smallest absolute Gasteiger partial charge is 0.263 e. The zero-order chi connectivity index (χ0) is 40.3. The van der Waals surface area contributed by atoms with Crippen molar-refractivity contribution in [3.8, 4) is 27.9 Å². The van der Waals surface area contributed by atoms with E-state index in [0.29, 0.717) is 0 Å². The summed E-state index contributed by atoms with van der Waals surface area (Å²) in [6, 6.07) is 66.5. The molecule has 3 heterocycles. The van der Waals surface area contributed by atoms with Crippen molar-refractivity contribution in [2.45, 2.75) is 19.3 Å². The van der Waals surface area contributed by atoms with E-state index in [-0.39, 0.29) is 11.0 Å². The molecule has 3 aromatic heterocycles. The van der Waals surface area contributed by atoms with Crippen molar-refractivity contribution >= 4 is 92.1 Å². The lowest BCUT2D eigenvalue weighted by Crippen LogP contribution is -2.15. The summed E-state index contributed by atoms with van der Waals surface area (Å²) >= 11 is 0. The van der Waals surface area contributed by atoms with Gasteiger partial charge in [0, 0.05) is 43.4 Å². The van der Waals surface area contributed by atoms with Crippen LogP contribution in [0.25, 0.3) is 120 Å². The number of para-hydroxylation sites is 2. The Hall–Kier alpha value is -7.75. The highest BCUT2D eigenvalue weighted by molar-refractivity contribution is 6.29. The number of nitrogens with zero attached hydrogens (tertiary/aromatic N) is 2. The van der Waals surface area contributed by atoms with Crippen molar-refractivity contribution in [1.29, 1.82) is 0 Å². The second-order valence-corrected chi connectivity index (χ2v) is 17.6. The molecule has 14 rings (SSSR count). The molecule has 0 spiro atoms. The number of hydrogen-bond acceptors (Lipinski definition) is 1. The molecule has 1 aliphatic carbocycles. The number of benzene rings is 10. The van der Waals surface area contributed by atoms with Gasteiger partial charge in [0.15, 0.2) is 0 Å². The van der Waals surface area contributed by atoms with Gasteiger partial charge in [-0.2, -0.15) is 0 Å². The SMILES string of the molecule is CC1(C)c2ccccc2-c2cc3c4ccccc4n(-c4cc(-c5ccc6c7cccc8c9ccccc9c(=O)n(c6c5)c87)c5c6ccccc6c6ccccc6c5c4)c3cc21. The second-order valence-electron chi connectivity index (χ2n) is 17.6. The quantitative estimate of drug-likeness (QED) is 0.161. The Labute approximate surface area is 350 Å². The van der Waals surface area contributed by atoms with Gasteiger partial charge in [-0.25, -0.2) is 0 Å². The predicted octanol–water partition coefficient (Wildman–Crippen LogP) is 14.7. The molecular weight excluding hydrogens is 741 g/mol. The largest absolute Gasteiger partial charge is 0.309 e. The van der Waals surface area contributed by atoms with Crippen LogP contribution in [0.5, 0.6) is 0 Å². The van der Waals surface area contributed by atoms with Gasteiger partial charge in [-0.05, 0) is 114 Å². The standard InChI is InChI=1S/C58H36N2O/c1-58(2)50-24-11-9-18-39(50)47-31-48-40-19-10-12-25-52(40)59(54(48)32-51(47)58)34-29-46(55-42-20-7-5-15-36(42)35-14-3-4-16-37(35)49(55)30-34)33-26-27-41-44-23-13-22-43-38-17-6-8-21-45(38)57(61)60(56(43)44)53(41)28-33/h3-32H,1-2H3. The van der Waals surface area contributed by atoms with Gasteiger partial charge in [-0.3, -0.25) is 9.20 Å². The summed E-state index contributed by atoms with van der Waals surface area (Å²) in [5.41, 5.74) is 12.9. The molecular formula is C58H36N2O. The molecule has 0 bridgehead atoms. The molecule has 0 radical (unpaired) electrons. The van der Waals surface area contributed by atoms with E-state index in [1.165, 1.54) is 76.4 Å². The lowest BCUT2D eigenvalue weighted by atomic mass is 9.82. The highest BCUT2D eigenvalue weighted by Gasteiger charge is 2.36. The summed E-state index contributed by atoms with van der Waals surface area (Å²) in [6.45, 7) is 4.73. The van der Waals surface area contributed by atoms with Crippen LogP contribution in [-0.2, 0) is 5.41 Å². The molecule has 0 fully saturated rings. The van der Waals surface area contributed by atoms with Crippen LogP contribution < -0.4 is 5.56 Å². The van der Waals surface area contributed by atoms with Gasteiger partial charge in [-0.15, -0.1) is 0 Å². The van der Waals surface area contributed by atoms with Crippen LogP contribution in [0, 0.1) is 0 Å². The van der Waals surface area contributed by atoms with Crippen LogP contribution in [0.1, 0.15) is 25.0 Å². The third-order valence-electron chi connectivity index (χ3n) is 14.2. The monoisotopic (exact) mass is 776 g/mol. The third-order valence-corrected chi connectivity index (χ3v) is 14.2. The van der Waals surface area contributed by atoms with Crippen molar-refractivity contribution in [3.63, 3.8) is 0 Å². The number of hydrogen-bond donors (Lipinski definition) is 0. The van der Waals surface area contributed by atoms with Gasteiger partial charge in [0.1, 0.15) is 0 Å². The molecule has 284 valence electrons. The van der Waals surface area contributed by atoms with Crippen LogP contribution in [0.3, 0.4) is 0 Å². The van der Waals surface area contributed by atoms with Crippen LogP contribution in [-0.4, -0.2) is 8.97 Å². The first-order valence-electron chi connectivity index (χ1n) is 21.2. The Bertz CT molecular complexity index is 4160. The fourth-order valence-corrected chi connectivity index (χ4v) is 11.5. The van der Waals surface area contributed by atoms with Crippen LogP contribution in [0.15, 0.2) is 187 Å². The summed E-state index contributed by atoms with van der Waals surface area (Å²) in [4.78, 5) is 14.6. The Morgan fingerprint density at radius 2 is 0.967 bits per heavy atom. The maximum absolute atomic E-state index is 14.6. The fraction of sp³-hybridized carbons (Fsp3) is 0.0517. The van der Waals surface area contributed by atoms with Crippen LogP contribution >= 0.6 is 0 Å². The van der Waals surface area contributed by atoms with E-state index in [1.54, 1.807) is 0 Å². The maximum atomic E-state index is 14.6. The highest BCUT2D eigenvalue weighted by atomic mass is 16.1. The summed E-state index contributed by atoms with van der Waals surface area (Å²) in [6.07, 6.45) is 0. The first kappa shape index (κ1) is 33.1. The first-order chi connectivity index (χ1) is 30.0. The Morgan fingerprint density at radius 3 is 1.75 bits per heavy atom. The average Bonchev–Trinajstić information content (AvgIpc) is 3.90. The summed E-state index contributed by atoms with van der Waals surface area (Å²) < 4.78 is 4.47. The minimum Gasteiger partial charge on any atom is -0.309 e. The molecule has 0 aliphatic heterocycles. The van der Waals surface area contributed by atoms with Gasteiger partial charge in [-0.1, -0.05) is 153 Å². The van der Waals surface area contributed by atoms with E-state index >= 15 is 0 Å². The Balaban J connectivity index is 1.14. The van der Waals surface area contributed by atoms with Crippen molar-refractivity contribution in [2.24, 2.45) is 0 Å². The molecule has 0 amide bonds. The average molecular weight is 777 g/mol. The van der Waals surface area contributed by atoms with Gasteiger partial charge >= 0.3 is 0 Å². The molecule has 1 aliphatic rings. The minimum atomic E-state index is -0.140. The van der Waals surface area contributed by atoms with E-state index in [2.05, 4.69) is 182 Å². The summed E-state index contributed by atoms with van der Waals surface area (Å²) in [5.74, 6) is 0. The second kappa shape index (κ2) is 11.5. The van der Waals surface area contributed by atoms with Gasteiger partial charge in [0.05, 0.1) is 22.1 Å². The normalized spacial score (nSPS) is 13.6. The van der Waals surface area contributed by atoms with E-state index in [9.17, 15) is 4.79 Å². The molecule has 3 nitrogen and oxygen atoms in total. The molecule has 0 atom stereocenters. The third kappa shape index (κ3) is 4.15. The Kier molecular flexibility index (Phi) is 6.24. The van der Waals surface area contributed by atoms with Gasteiger partial charge in [0.2, 0.25) is 0 Å². The van der Waals surface area contributed by atoms with Gasteiger partial charge < -0.3 is 4.57 Å². The number of fused-ring (bicyclic) bond motifs is 17. The highest BCUT2D eigenvalue weighted by Crippen LogP contribution is 2.52. The number of rotatable bonds is 2. The van der Waals surface area contributed by atoms with E-state index in [4.69, 9.17) is 0 Å². The van der Waals surface area contributed by atoms with Gasteiger partial charge in [0.25, 0.3) is 5.56 Å². The molecule has 61 heavy (non-hydrogen) atoms. The molecule has 0 saturated heterocycles. The van der Waals surface area contributed by atoms with Crippen molar-refractivity contribution in [2.75, 3.05) is 0 Å². The molecule has 0 unspecified atom stereocenters. The number of aromatic nitrogens is 2. The summed E-state index contributed by atoms with van der Waals surface area (Å²) in [7, 11) is 0. The maximum Gasteiger partial charge on any atom is 0.263 e. The van der Waals surface area contributed by atoms with E-state index in [0.717, 1.165) is 54.8 Å². The Morgan fingerprint density at radius 1 is 0.377 bits per heavy atom. The first-order valence-corrected chi connectivity index (χ1v) is 21.2. The van der Waals surface area contributed by atoms with Crippen molar-refractivity contribution < 1.29 is 0 Å². The molecule has 0 saturated carbocycles. The molecule has 13 aromatic rings. The topological polar surface area (TPSA) is 26.4 Å². The zero-order valence-corrected chi connectivity index (χ0v) is 33.6. The zero-order valence-electron chi connectivity index (χ0n) is 33.6. The molecule has 0 N–H and O–H groups in total. The van der Waals surface area contributed by atoms with Crippen LogP contribution in [0.2, 0.25) is 0 Å².